The number of hydrogen-bond donors (Lipinski definition) is 1. The van der Waals surface area contributed by atoms with Gasteiger partial charge in [-0.1, -0.05) is 17.7 Å². The molecule has 1 unspecified atom stereocenters. The molecule has 2 fully saturated rings. The van der Waals surface area contributed by atoms with E-state index >= 15 is 0 Å². The molecular formula is C26H33ClN4O3. The number of hydrogen-bond acceptors (Lipinski definition) is 7. The predicted molar refractivity (Wildman–Crippen MR) is 132 cm³/mol. The number of ether oxygens (including phenoxy) is 2. The van der Waals surface area contributed by atoms with Gasteiger partial charge < -0.3 is 19.5 Å². The second kappa shape index (κ2) is 11.0. The van der Waals surface area contributed by atoms with E-state index in [1.807, 2.05) is 25.1 Å². The van der Waals surface area contributed by atoms with E-state index in [1.165, 1.54) is 0 Å². The highest BCUT2D eigenvalue weighted by molar-refractivity contribution is 6.33. The molecule has 182 valence electrons. The molecule has 8 heteroatoms. The Bertz CT molecular complexity index is 1000. The van der Waals surface area contributed by atoms with Crippen molar-refractivity contribution in [1.29, 1.82) is 5.26 Å². The summed E-state index contributed by atoms with van der Waals surface area (Å²) in [5.74, 6) is 0. The maximum Gasteiger partial charge on any atom is 0.158 e. The lowest BCUT2D eigenvalue weighted by molar-refractivity contribution is -0.169. The smallest absolute Gasteiger partial charge is 0.158 e. The van der Waals surface area contributed by atoms with Crippen LogP contribution in [0.25, 0.3) is 0 Å². The largest absolute Gasteiger partial charge is 0.384 e. The Kier molecular flexibility index (Phi) is 8.07. The Morgan fingerprint density at radius 1 is 1.29 bits per heavy atom. The minimum Gasteiger partial charge on any atom is -0.384 e. The SMILES string of the molecule is C[C@@H]1CN(C[C@@](C)(O)c2ccc(COC3CCCCO3)nc2)CCN1c1ccc(C#N)cc1Cl. The second-order valence-electron chi connectivity index (χ2n) is 9.47. The van der Waals surface area contributed by atoms with Crippen molar-refractivity contribution in [2.75, 3.05) is 37.7 Å². The Labute approximate surface area is 206 Å². The van der Waals surface area contributed by atoms with Gasteiger partial charge in [0.05, 0.1) is 34.6 Å². The third-order valence-electron chi connectivity index (χ3n) is 6.63. The summed E-state index contributed by atoms with van der Waals surface area (Å²) in [6, 6.07) is 11.6. The predicted octanol–water partition coefficient (Wildman–Crippen LogP) is 4.07. The summed E-state index contributed by atoms with van der Waals surface area (Å²) in [6.45, 7) is 8.06. The van der Waals surface area contributed by atoms with Gasteiger partial charge >= 0.3 is 0 Å². The summed E-state index contributed by atoms with van der Waals surface area (Å²) in [7, 11) is 0. The molecule has 1 N–H and O–H groups in total. The fourth-order valence-electron chi connectivity index (χ4n) is 4.72. The van der Waals surface area contributed by atoms with Crippen LogP contribution in [0.15, 0.2) is 36.5 Å². The van der Waals surface area contributed by atoms with Gasteiger partial charge in [0.25, 0.3) is 0 Å². The van der Waals surface area contributed by atoms with E-state index in [9.17, 15) is 5.11 Å². The zero-order valence-electron chi connectivity index (χ0n) is 19.9. The Morgan fingerprint density at radius 3 is 2.79 bits per heavy atom. The summed E-state index contributed by atoms with van der Waals surface area (Å²) in [6.07, 6.45) is 4.76. The first kappa shape index (κ1) is 24.9. The topological polar surface area (TPSA) is 81.9 Å². The zero-order valence-corrected chi connectivity index (χ0v) is 20.7. The maximum atomic E-state index is 11.2. The van der Waals surface area contributed by atoms with E-state index in [2.05, 4.69) is 27.8 Å². The molecule has 4 rings (SSSR count). The van der Waals surface area contributed by atoms with E-state index < -0.39 is 5.60 Å². The van der Waals surface area contributed by atoms with Crippen molar-refractivity contribution in [2.45, 2.75) is 57.6 Å². The molecule has 2 aliphatic heterocycles. The molecule has 1 aromatic heterocycles. The Hall–Kier alpha value is -2.21. The molecule has 0 saturated carbocycles. The normalized spacial score (nSPS) is 23.3. The van der Waals surface area contributed by atoms with Gasteiger partial charge in [0, 0.05) is 50.6 Å². The highest BCUT2D eigenvalue weighted by Crippen LogP contribution is 2.31. The van der Waals surface area contributed by atoms with E-state index in [-0.39, 0.29) is 12.3 Å². The Morgan fingerprint density at radius 2 is 2.15 bits per heavy atom. The average molecular weight is 485 g/mol. The first-order valence-electron chi connectivity index (χ1n) is 12.0. The van der Waals surface area contributed by atoms with E-state index in [4.69, 9.17) is 26.3 Å². The summed E-state index contributed by atoms with van der Waals surface area (Å²) in [5, 5.41) is 20.9. The highest BCUT2D eigenvalue weighted by atomic mass is 35.5. The van der Waals surface area contributed by atoms with Crippen LogP contribution in [0.4, 0.5) is 5.69 Å². The number of β-amino-alcohol motifs (C(OH)–C–C–N with tert-alkyl or cyclic N) is 1. The fourth-order valence-corrected chi connectivity index (χ4v) is 5.01. The molecule has 2 aromatic rings. The van der Waals surface area contributed by atoms with Crippen molar-refractivity contribution in [3.63, 3.8) is 0 Å². The molecule has 0 amide bonds. The summed E-state index contributed by atoms with van der Waals surface area (Å²) in [5.41, 5.74) is 2.10. The number of pyridine rings is 1. The quantitative estimate of drug-likeness (QED) is 0.634. The number of benzene rings is 1. The Balaban J connectivity index is 1.32. The first-order chi connectivity index (χ1) is 16.4. The van der Waals surface area contributed by atoms with Gasteiger partial charge in [0.15, 0.2) is 6.29 Å². The van der Waals surface area contributed by atoms with Crippen LogP contribution >= 0.6 is 11.6 Å². The number of halogens is 1. The summed E-state index contributed by atoms with van der Waals surface area (Å²) < 4.78 is 11.4. The summed E-state index contributed by atoms with van der Waals surface area (Å²) in [4.78, 5) is 9.05. The number of nitrogens with zero attached hydrogens (tertiary/aromatic N) is 4. The minimum absolute atomic E-state index is 0.141. The summed E-state index contributed by atoms with van der Waals surface area (Å²) >= 11 is 6.44. The van der Waals surface area contributed by atoms with Crippen molar-refractivity contribution >= 4 is 17.3 Å². The van der Waals surface area contributed by atoms with Gasteiger partial charge in [0.2, 0.25) is 0 Å². The molecule has 0 bridgehead atoms. The fraction of sp³-hybridized carbons (Fsp3) is 0.538. The molecular weight excluding hydrogens is 452 g/mol. The molecule has 2 aliphatic rings. The zero-order chi connectivity index (χ0) is 24.1. The van der Waals surface area contributed by atoms with Crippen molar-refractivity contribution < 1.29 is 14.6 Å². The molecule has 7 nitrogen and oxygen atoms in total. The van der Waals surface area contributed by atoms with Crippen molar-refractivity contribution in [3.8, 4) is 6.07 Å². The molecule has 34 heavy (non-hydrogen) atoms. The van der Waals surface area contributed by atoms with Gasteiger partial charge in [0.1, 0.15) is 5.60 Å². The second-order valence-corrected chi connectivity index (χ2v) is 9.88. The lowest BCUT2D eigenvalue weighted by atomic mass is 9.96. The molecule has 0 spiro atoms. The lowest BCUT2D eigenvalue weighted by Crippen LogP contribution is -2.54. The molecule has 3 heterocycles. The van der Waals surface area contributed by atoms with E-state index in [1.54, 1.807) is 18.3 Å². The maximum absolute atomic E-state index is 11.2. The standard InChI is InChI=1S/C26H33ClN4O3/c1-19-16-30(10-11-31(19)24-9-6-20(14-28)13-23(24)27)18-26(2,32)21-7-8-22(29-15-21)17-34-25-5-3-4-12-33-25/h6-9,13,15,19,25,32H,3-5,10-12,16-18H2,1-2H3/t19-,25?,26-/m1/s1. The number of aromatic nitrogens is 1. The van der Waals surface area contributed by atoms with Crippen LogP contribution in [0, 0.1) is 11.3 Å². The molecule has 0 radical (unpaired) electrons. The van der Waals surface area contributed by atoms with Crippen molar-refractivity contribution in [3.05, 3.63) is 58.4 Å². The number of nitriles is 1. The van der Waals surface area contributed by atoms with Crippen LogP contribution in [0.1, 0.15) is 49.9 Å². The van der Waals surface area contributed by atoms with Crippen molar-refractivity contribution in [2.24, 2.45) is 0 Å². The first-order valence-corrected chi connectivity index (χ1v) is 12.3. The number of rotatable bonds is 7. The monoisotopic (exact) mass is 484 g/mol. The van der Waals surface area contributed by atoms with E-state index in [0.717, 1.165) is 62.4 Å². The third kappa shape index (κ3) is 6.07. The van der Waals surface area contributed by atoms with Crippen LogP contribution in [0.5, 0.6) is 0 Å². The van der Waals surface area contributed by atoms with Crippen LogP contribution in [0.2, 0.25) is 5.02 Å². The van der Waals surface area contributed by atoms with E-state index in [0.29, 0.717) is 23.7 Å². The van der Waals surface area contributed by atoms with Crippen LogP contribution in [0.3, 0.4) is 0 Å². The molecule has 0 aliphatic carbocycles. The number of aliphatic hydroxyl groups is 1. The number of anilines is 1. The third-order valence-corrected chi connectivity index (χ3v) is 6.93. The van der Waals surface area contributed by atoms with Gasteiger partial charge in [-0.05, 0) is 57.4 Å². The van der Waals surface area contributed by atoms with Crippen LogP contribution in [-0.2, 0) is 21.7 Å². The van der Waals surface area contributed by atoms with Crippen molar-refractivity contribution in [1.82, 2.24) is 9.88 Å². The van der Waals surface area contributed by atoms with Gasteiger partial charge in [-0.15, -0.1) is 0 Å². The average Bonchev–Trinajstić information content (AvgIpc) is 2.84. The van der Waals surface area contributed by atoms with Crippen LogP contribution in [-0.4, -0.2) is 60.1 Å². The van der Waals surface area contributed by atoms with Gasteiger partial charge in [-0.2, -0.15) is 5.26 Å². The lowest BCUT2D eigenvalue weighted by Gasteiger charge is -2.43. The minimum atomic E-state index is -1.02. The highest BCUT2D eigenvalue weighted by Gasteiger charge is 2.31. The van der Waals surface area contributed by atoms with Crippen LogP contribution < -0.4 is 4.90 Å². The van der Waals surface area contributed by atoms with Gasteiger partial charge in [-0.25, -0.2) is 0 Å². The molecule has 3 atom stereocenters. The molecule has 1 aromatic carbocycles. The number of piperazine rings is 1. The molecule has 2 saturated heterocycles. The van der Waals surface area contributed by atoms with Gasteiger partial charge in [-0.3, -0.25) is 9.88 Å².